The second-order valence-electron chi connectivity index (χ2n) is 17.5. The van der Waals surface area contributed by atoms with Gasteiger partial charge < -0.3 is 35.8 Å². The molecule has 3 aliphatic rings. The van der Waals surface area contributed by atoms with Gasteiger partial charge in [0.05, 0.1) is 18.8 Å². The number of hydrogen-bond donors (Lipinski definition) is 4. The van der Waals surface area contributed by atoms with Crippen molar-refractivity contribution >= 4 is 45.7 Å². The third kappa shape index (κ3) is 11.9. The highest BCUT2D eigenvalue weighted by molar-refractivity contribution is 7.88. The fourth-order valence-corrected chi connectivity index (χ4v) is 7.21. The van der Waals surface area contributed by atoms with Crippen LogP contribution in [0.4, 0.5) is 9.59 Å². The van der Waals surface area contributed by atoms with E-state index in [-0.39, 0.29) is 32.0 Å². The molecule has 0 radical (unpaired) electrons. The molecular formula is C39H61N7O9S. The maximum atomic E-state index is 14.6. The number of ketones is 1. The summed E-state index contributed by atoms with van der Waals surface area (Å²) in [6.45, 7) is 13.2. The average Bonchev–Trinajstić information content (AvgIpc) is 3.82. The van der Waals surface area contributed by atoms with E-state index in [4.69, 9.17) is 4.74 Å². The first-order valence-corrected chi connectivity index (χ1v) is 21.3. The summed E-state index contributed by atoms with van der Waals surface area (Å²) in [5.41, 5.74) is 0.676. The van der Waals surface area contributed by atoms with Gasteiger partial charge in [-0.05, 0) is 47.6 Å². The van der Waals surface area contributed by atoms with Gasteiger partial charge in [-0.25, -0.2) is 22.3 Å². The zero-order chi connectivity index (χ0) is 41.7. The highest BCUT2D eigenvalue weighted by atomic mass is 32.2. The third-order valence-electron chi connectivity index (χ3n) is 10.6. The third-order valence-corrected chi connectivity index (χ3v) is 11.9. The van der Waals surface area contributed by atoms with Crippen molar-refractivity contribution in [2.45, 2.75) is 130 Å². The molecule has 1 saturated heterocycles. The minimum Gasteiger partial charge on any atom is -0.444 e. The van der Waals surface area contributed by atoms with Crippen molar-refractivity contribution in [3.05, 3.63) is 35.4 Å². The number of nitrogens with one attached hydrogen (secondary N) is 4. The Bertz CT molecular complexity index is 1750. The van der Waals surface area contributed by atoms with Crippen LogP contribution in [0.2, 0.25) is 0 Å². The van der Waals surface area contributed by atoms with Crippen molar-refractivity contribution in [2.75, 3.05) is 32.9 Å². The Balaban J connectivity index is 1.57. The Labute approximate surface area is 331 Å². The van der Waals surface area contributed by atoms with E-state index in [1.54, 1.807) is 25.7 Å². The van der Waals surface area contributed by atoms with Crippen LogP contribution < -0.4 is 21.3 Å². The highest BCUT2D eigenvalue weighted by Crippen LogP contribution is 2.29. The maximum absolute atomic E-state index is 14.6. The second kappa shape index (κ2) is 17.9. The van der Waals surface area contributed by atoms with Crippen molar-refractivity contribution in [1.82, 2.24) is 35.4 Å². The molecule has 17 heteroatoms. The smallest absolute Gasteiger partial charge is 0.410 e. The van der Waals surface area contributed by atoms with Crippen LogP contribution in [-0.4, -0.2) is 127 Å². The van der Waals surface area contributed by atoms with Crippen LogP contribution in [0.25, 0.3) is 0 Å². The Kier molecular flexibility index (Phi) is 14.2. The molecule has 1 aliphatic carbocycles. The molecule has 312 valence electrons. The molecule has 5 atom stereocenters. The van der Waals surface area contributed by atoms with E-state index in [1.807, 2.05) is 52.0 Å². The zero-order valence-electron chi connectivity index (χ0n) is 34.3. The van der Waals surface area contributed by atoms with E-state index in [9.17, 15) is 37.2 Å². The van der Waals surface area contributed by atoms with Gasteiger partial charge in [-0.1, -0.05) is 79.2 Å². The van der Waals surface area contributed by atoms with E-state index >= 15 is 0 Å². The van der Waals surface area contributed by atoms with E-state index in [0.717, 1.165) is 34.5 Å². The first-order valence-electron chi connectivity index (χ1n) is 19.5. The lowest BCUT2D eigenvalue weighted by Gasteiger charge is -2.37. The normalized spacial score (nSPS) is 20.3. The van der Waals surface area contributed by atoms with E-state index in [2.05, 4.69) is 21.3 Å². The number of amides is 6. The molecule has 3 unspecified atom stereocenters. The van der Waals surface area contributed by atoms with Crippen molar-refractivity contribution in [1.29, 1.82) is 0 Å². The van der Waals surface area contributed by atoms with Crippen molar-refractivity contribution in [3.8, 4) is 0 Å². The molecule has 1 saturated carbocycles. The second-order valence-corrected chi connectivity index (χ2v) is 19.6. The number of sulfonamides is 1. The highest BCUT2D eigenvalue weighted by Gasteiger charge is 2.47. The number of fused-ring (bicyclic) bond motifs is 1. The number of rotatable bonds is 14. The number of urea groups is 1. The summed E-state index contributed by atoms with van der Waals surface area (Å²) in [4.78, 5) is 84.6. The van der Waals surface area contributed by atoms with Gasteiger partial charge in [0.25, 0.3) is 5.91 Å². The first kappa shape index (κ1) is 44.5. The number of Topliss-reactive ketones (excluding diaryl/α,β-unsaturated/α-hetero) is 1. The maximum Gasteiger partial charge on any atom is 0.410 e. The molecule has 16 nitrogen and oxygen atoms in total. The van der Waals surface area contributed by atoms with Gasteiger partial charge in [-0.15, -0.1) is 0 Å². The van der Waals surface area contributed by atoms with Crippen molar-refractivity contribution in [3.63, 3.8) is 0 Å². The van der Waals surface area contributed by atoms with E-state index in [1.165, 1.54) is 11.9 Å². The fourth-order valence-electron chi connectivity index (χ4n) is 6.79. The Morgan fingerprint density at radius 2 is 1.59 bits per heavy atom. The fraction of sp³-hybridized carbons (Fsp3) is 0.692. The largest absolute Gasteiger partial charge is 0.444 e. The number of nitrogens with zero attached hydrogens (tertiary/aromatic N) is 3. The van der Waals surface area contributed by atoms with Crippen molar-refractivity contribution < 1.29 is 41.9 Å². The number of likely N-dealkylation sites (tertiary alicyclic amines) is 1. The van der Waals surface area contributed by atoms with Crippen LogP contribution in [0.1, 0.15) is 91.7 Å². The van der Waals surface area contributed by atoms with Gasteiger partial charge in [0.15, 0.2) is 0 Å². The lowest BCUT2D eigenvalue weighted by molar-refractivity contribution is -0.144. The number of carbonyl (C=O) groups is 6. The summed E-state index contributed by atoms with van der Waals surface area (Å²) in [6, 6.07) is 2.85. The SMILES string of the molecule is CCCC(NC(=O)C1CC(OC(=O)N2CCc3ccccc3C2)CN1C(=O)[C@@H](NC(=O)N[C@H](CN(C)S(C)(=O)=O)C(C)(C)C)C(C)(C)C)C(=O)C(=O)NC1CC1. The zero-order valence-corrected chi connectivity index (χ0v) is 35.1. The average molecular weight is 804 g/mol. The van der Waals surface area contributed by atoms with Gasteiger partial charge >= 0.3 is 12.1 Å². The molecular weight excluding hydrogens is 743 g/mol. The summed E-state index contributed by atoms with van der Waals surface area (Å²) >= 11 is 0. The molecule has 4 N–H and O–H groups in total. The van der Waals surface area contributed by atoms with Crippen LogP contribution in [0.3, 0.4) is 0 Å². The lowest BCUT2D eigenvalue weighted by Crippen LogP contribution is -2.62. The molecule has 2 heterocycles. The number of hydrogen-bond acceptors (Lipinski definition) is 9. The van der Waals surface area contributed by atoms with Crippen LogP contribution >= 0.6 is 0 Å². The van der Waals surface area contributed by atoms with Gasteiger partial charge in [0.1, 0.15) is 18.2 Å². The van der Waals surface area contributed by atoms with Gasteiger partial charge in [0.2, 0.25) is 27.6 Å². The Morgan fingerprint density at radius 3 is 2.16 bits per heavy atom. The number of ether oxygens (including phenoxy) is 1. The molecule has 1 aromatic rings. The minimum atomic E-state index is -3.56. The first-order chi connectivity index (χ1) is 26.0. The number of likely N-dealkylation sites (N-methyl/N-ethyl adjacent to an activating group) is 1. The molecule has 4 rings (SSSR count). The summed E-state index contributed by atoms with van der Waals surface area (Å²) in [5, 5.41) is 11.0. The van der Waals surface area contributed by atoms with E-state index < -0.39 is 86.8 Å². The topological polar surface area (TPSA) is 204 Å². The Hall–Kier alpha value is -4.25. The molecule has 56 heavy (non-hydrogen) atoms. The van der Waals surface area contributed by atoms with Crippen LogP contribution in [0, 0.1) is 10.8 Å². The molecule has 0 spiro atoms. The Morgan fingerprint density at radius 1 is 0.946 bits per heavy atom. The quantitative estimate of drug-likeness (QED) is 0.204. The number of benzene rings is 1. The lowest BCUT2D eigenvalue weighted by atomic mass is 9.85. The molecule has 2 aliphatic heterocycles. The summed E-state index contributed by atoms with van der Waals surface area (Å²) < 4.78 is 31.5. The summed E-state index contributed by atoms with van der Waals surface area (Å²) in [7, 11) is -2.14. The van der Waals surface area contributed by atoms with Gasteiger partial charge in [-0.3, -0.25) is 19.2 Å². The van der Waals surface area contributed by atoms with Crippen LogP contribution in [0.5, 0.6) is 0 Å². The van der Waals surface area contributed by atoms with Crippen molar-refractivity contribution in [2.24, 2.45) is 10.8 Å². The minimum absolute atomic E-state index is 0.0236. The molecule has 1 aromatic carbocycles. The van der Waals surface area contributed by atoms with E-state index in [0.29, 0.717) is 25.9 Å². The standard InChI is InChI=1S/C39H61N7O9S/c1-10-13-28(31(47)34(49)40-26-16-17-26)41-33(48)29-20-27(55-37(52)45-19-18-24-14-11-12-15-25(24)21-45)22-46(29)35(50)32(39(5,6)7)43-36(51)42-30(38(2,3)4)23-44(8)56(9,53)54/h11-12,14-15,26-30,32H,10,13,16-23H2,1-9H3,(H,40,49)(H,41,48)(H2,42,43,51)/t27?,28?,29?,30-,32-/m1/s1. The van der Waals surface area contributed by atoms with Gasteiger partial charge in [-0.2, -0.15) is 0 Å². The van der Waals surface area contributed by atoms with Crippen LogP contribution in [0.15, 0.2) is 24.3 Å². The summed E-state index contributed by atoms with van der Waals surface area (Å²) in [5.74, 6) is -2.87. The predicted molar refractivity (Wildman–Crippen MR) is 210 cm³/mol. The predicted octanol–water partition coefficient (Wildman–Crippen LogP) is 2.30. The number of carbonyl (C=O) groups excluding carboxylic acids is 6. The molecule has 0 bridgehead atoms. The monoisotopic (exact) mass is 803 g/mol. The molecule has 6 amide bonds. The molecule has 2 fully saturated rings. The summed E-state index contributed by atoms with van der Waals surface area (Å²) in [6.07, 6.45) is 2.38. The molecule has 0 aromatic heterocycles. The van der Waals surface area contributed by atoms with Crippen LogP contribution in [-0.2, 0) is 46.9 Å². The van der Waals surface area contributed by atoms with Gasteiger partial charge in [0, 0.05) is 45.2 Å².